The Labute approximate surface area is 173 Å². The van der Waals surface area contributed by atoms with Gasteiger partial charge in [-0.3, -0.25) is 0 Å². The maximum absolute atomic E-state index is 4.36. The minimum absolute atomic E-state index is 0. The summed E-state index contributed by atoms with van der Waals surface area (Å²) in [4.78, 5) is 9.97. The van der Waals surface area contributed by atoms with Crippen molar-refractivity contribution in [2.45, 2.75) is 62.8 Å². The maximum Gasteiger partial charge on any atom is 1.00 e. The molecule has 0 fully saturated rings. The fraction of sp³-hybridized carbons (Fsp3) is 0.562. The van der Waals surface area contributed by atoms with Crippen LogP contribution in [0.4, 0.5) is 0 Å². The third-order valence-corrected chi connectivity index (χ3v) is 3.28. The third-order valence-electron chi connectivity index (χ3n) is 2.13. The number of fused-ring (bicyclic) bond motifs is 1. The maximum atomic E-state index is 4.36. The van der Waals surface area contributed by atoms with Crippen LogP contribution in [0.15, 0.2) is 6.07 Å². The number of aryl methyl sites for hydroxylation is 3. The molecule has 112 valence electrons. The molecule has 0 N–H and O–H groups in total. The quantitative estimate of drug-likeness (QED) is 0.595. The molecule has 0 amide bonds. The van der Waals surface area contributed by atoms with Crippen LogP contribution in [0.25, 0.3) is 10.2 Å². The molecule has 0 saturated heterocycles. The molecule has 0 unspecified atom stereocenters. The van der Waals surface area contributed by atoms with E-state index < -0.39 is 0 Å². The van der Waals surface area contributed by atoms with Crippen LogP contribution in [0.2, 0.25) is 0 Å². The predicted octanol–water partition coefficient (Wildman–Crippen LogP) is 3.15. The van der Waals surface area contributed by atoms with Crippen LogP contribution in [-0.2, 0) is 0 Å². The van der Waals surface area contributed by atoms with Gasteiger partial charge >= 0.3 is 51.4 Å². The number of unbranched alkanes of at least 4 members (excludes halogenated alkanes) is 1. The Morgan fingerprint density at radius 3 is 2.05 bits per heavy atom. The van der Waals surface area contributed by atoms with E-state index in [2.05, 4.69) is 36.8 Å². The Morgan fingerprint density at radius 1 is 1.10 bits per heavy atom. The van der Waals surface area contributed by atoms with E-state index in [-0.39, 0.29) is 73.7 Å². The van der Waals surface area contributed by atoms with Crippen LogP contribution < -0.4 is 51.4 Å². The van der Waals surface area contributed by atoms with E-state index in [0.29, 0.717) is 0 Å². The summed E-state index contributed by atoms with van der Waals surface area (Å²) in [5.74, 6) is 0.859. The van der Waals surface area contributed by atoms with E-state index >= 15 is 0 Å². The molecule has 0 aromatic carbocycles. The Bertz CT molecular complexity index is 465. The van der Waals surface area contributed by atoms with Crippen molar-refractivity contribution >= 4 is 21.6 Å². The molecule has 2 aromatic heterocycles. The number of hydrogen-bond acceptors (Lipinski definition) is 3. The zero-order valence-electron chi connectivity index (χ0n) is 11.5. The molecule has 4 heteroatoms. The Kier molecular flexibility index (Phi) is 21.0. The fourth-order valence-corrected chi connectivity index (χ4v) is 2.23. The third kappa shape index (κ3) is 8.85. The first kappa shape index (κ1) is 28.8. The average Bonchev–Trinajstić information content (AvgIpc) is 2.59. The molecule has 0 aliphatic rings. The summed E-state index contributed by atoms with van der Waals surface area (Å²) >= 11 is 1.76. The Balaban J connectivity index is -0.000000145. The van der Waals surface area contributed by atoms with Gasteiger partial charge in [-0.05, 0) is 26.8 Å². The van der Waals surface area contributed by atoms with Gasteiger partial charge in [-0.2, -0.15) is 6.42 Å². The number of hydrogen-bond donors (Lipinski definition) is 0. The summed E-state index contributed by atoms with van der Waals surface area (Å²) in [5.41, 5.74) is 2.18. The van der Waals surface area contributed by atoms with Crippen LogP contribution in [0.1, 0.15) is 58.4 Å². The van der Waals surface area contributed by atoms with Gasteiger partial charge in [-0.1, -0.05) is 35.6 Å². The average molecular weight is 323 g/mol. The van der Waals surface area contributed by atoms with Gasteiger partial charge < -0.3 is 6.92 Å². The standard InChI is InChI=1S/C9H10N2S.C4H9.3CH4.K/c1-5-4-8-9(12-5)6(2)10-7(3)11-8;1-3-4-2;;;;/h4H,1-3H3;1,3-4H2,2H3;3*1H4;/q;-1;;;;+1. The monoisotopic (exact) mass is 322 g/mol. The van der Waals surface area contributed by atoms with Gasteiger partial charge in [0.2, 0.25) is 0 Å². The van der Waals surface area contributed by atoms with E-state index in [1.54, 1.807) is 11.3 Å². The van der Waals surface area contributed by atoms with Gasteiger partial charge in [0, 0.05) is 4.88 Å². The summed E-state index contributed by atoms with van der Waals surface area (Å²) in [6, 6.07) is 2.11. The van der Waals surface area contributed by atoms with Crippen molar-refractivity contribution in [1.29, 1.82) is 0 Å². The molecular weight excluding hydrogens is 291 g/mol. The second-order valence-electron chi connectivity index (χ2n) is 3.78. The normalized spacial score (nSPS) is 8.05. The fourth-order valence-electron chi connectivity index (χ4n) is 1.34. The summed E-state index contributed by atoms with van der Waals surface area (Å²) in [5, 5.41) is 0. The molecule has 0 bridgehead atoms. The van der Waals surface area contributed by atoms with Gasteiger partial charge in [0.1, 0.15) is 5.82 Å². The molecule has 2 heterocycles. The molecule has 0 atom stereocenters. The van der Waals surface area contributed by atoms with E-state index in [9.17, 15) is 0 Å². The summed E-state index contributed by atoms with van der Waals surface area (Å²) in [7, 11) is 0. The number of nitrogens with zero attached hydrogens (tertiary/aromatic N) is 2. The number of aromatic nitrogens is 2. The van der Waals surface area contributed by atoms with Crippen molar-refractivity contribution in [1.82, 2.24) is 9.97 Å². The zero-order valence-corrected chi connectivity index (χ0v) is 15.4. The first-order valence-electron chi connectivity index (χ1n) is 5.59. The first-order chi connectivity index (χ1) is 7.58. The molecule has 2 aromatic rings. The molecule has 0 aliphatic carbocycles. The van der Waals surface area contributed by atoms with Crippen LogP contribution in [0, 0.1) is 27.7 Å². The van der Waals surface area contributed by atoms with Crippen molar-refractivity contribution < 1.29 is 51.4 Å². The van der Waals surface area contributed by atoms with Gasteiger partial charge in [0.15, 0.2) is 0 Å². The van der Waals surface area contributed by atoms with Crippen LogP contribution in [-0.4, -0.2) is 9.97 Å². The molecule has 0 aliphatic heterocycles. The van der Waals surface area contributed by atoms with Crippen molar-refractivity contribution in [2.75, 3.05) is 0 Å². The second-order valence-corrected chi connectivity index (χ2v) is 5.04. The Morgan fingerprint density at radius 2 is 1.60 bits per heavy atom. The molecule has 0 radical (unpaired) electrons. The van der Waals surface area contributed by atoms with Gasteiger partial charge in [-0.15, -0.1) is 11.3 Å². The van der Waals surface area contributed by atoms with Crippen LogP contribution in [0.3, 0.4) is 0 Å². The van der Waals surface area contributed by atoms with Crippen molar-refractivity contribution in [3.63, 3.8) is 0 Å². The molecule has 20 heavy (non-hydrogen) atoms. The van der Waals surface area contributed by atoms with Crippen molar-refractivity contribution in [3.8, 4) is 0 Å². The summed E-state index contributed by atoms with van der Waals surface area (Å²) in [6.45, 7) is 11.8. The van der Waals surface area contributed by atoms with Crippen molar-refractivity contribution in [2.24, 2.45) is 0 Å². The number of thiophene rings is 1. The topological polar surface area (TPSA) is 25.8 Å². The predicted molar refractivity (Wildman–Crippen MR) is 92.1 cm³/mol. The SMILES string of the molecule is C.C.C.Cc1nc(C)c2sc(C)cc2n1.[CH2-]CCC.[K+]. The summed E-state index contributed by atoms with van der Waals surface area (Å²) < 4.78 is 1.22. The second kappa shape index (κ2) is 14.6. The smallest absolute Gasteiger partial charge is 0.343 e. The summed E-state index contributed by atoms with van der Waals surface area (Å²) in [6.07, 6.45) is 2.28. The Hall–Kier alpha value is 0.676. The molecule has 0 saturated carbocycles. The van der Waals surface area contributed by atoms with Crippen molar-refractivity contribution in [3.05, 3.63) is 29.4 Å². The van der Waals surface area contributed by atoms with Crippen LogP contribution in [0.5, 0.6) is 0 Å². The first-order valence-corrected chi connectivity index (χ1v) is 6.40. The molecular formula is C16H31KN2S. The van der Waals surface area contributed by atoms with Gasteiger partial charge in [0.25, 0.3) is 0 Å². The zero-order chi connectivity index (χ0) is 12.1. The van der Waals surface area contributed by atoms with E-state index in [0.717, 1.165) is 23.5 Å². The minimum atomic E-state index is 0. The van der Waals surface area contributed by atoms with E-state index in [1.807, 2.05) is 13.8 Å². The molecule has 2 nitrogen and oxygen atoms in total. The molecule has 0 spiro atoms. The minimum Gasteiger partial charge on any atom is -0.343 e. The van der Waals surface area contributed by atoms with E-state index in [1.165, 1.54) is 16.0 Å². The van der Waals surface area contributed by atoms with Crippen LogP contribution >= 0.6 is 11.3 Å². The van der Waals surface area contributed by atoms with Gasteiger partial charge in [-0.25, -0.2) is 9.97 Å². The number of rotatable bonds is 1. The largest absolute Gasteiger partial charge is 1.00 e. The molecule has 2 rings (SSSR count). The van der Waals surface area contributed by atoms with Gasteiger partial charge in [0.05, 0.1) is 15.9 Å². The van der Waals surface area contributed by atoms with E-state index in [4.69, 9.17) is 0 Å².